The second kappa shape index (κ2) is 8.51. The molecule has 2 aliphatic carbocycles. The quantitative estimate of drug-likeness (QED) is 0.576. The smallest absolute Gasteiger partial charge is 0.481 e. The number of carbonyl (C=O) groups excluding carboxylic acids is 1. The number of hydrogen-bond donors (Lipinski definition) is 2. The second-order valence-corrected chi connectivity index (χ2v) is 9.68. The minimum atomic E-state index is -1.03. The first-order chi connectivity index (χ1) is 16.3. The molecule has 2 aromatic carbocycles. The Kier molecular flexibility index (Phi) is 5.64. The summed E-state index contributed by atoms with van der Waals surface area (Å²) in [6, 6.07) is 13.0. The number of halogens is 1. The number of nitrogens with zero attached hydrogens (tertiary/aromatic N) is 2. The minimum Gasteiger partial charge on any atom is -0.481 e. The molecular formula is C26H28FN2O5+. The van der Waals surface area contributed by atoms with E-state index in [0.29, 0.717) is 17.7 Å². The van der Waals surface area contributed by atoms with Crippen molar-refractivity contribution < 1.29 is 29.0 Å². The monoisotopic (exact) mass is 467 g/mol. The van der Waals surface area contributed by atoms with Gasteiger partial charge in [0, 0.05) is 42.0 Å². The zero-order chi connectivity index (χ0) is 24.0. The predicted octanol–water partition coefficient (Wildman–Crippen LogP) is 4.70. The highest BCUT2D eigenvalue weighted by Gasteiger charge is 2.63. The molecule has 0 saturated heterocycles. The van der Waals surface area contributed by atoms with E-state index in [4.69, 9.17) is 5.11 Å². The topological polar surface area (TPSA) is 94.9 Å². The second-order valence-electron chi connectivity index (χ2n) is 9.68. The van der Waals surface area contributed by atoms with Crippen molar-refractivity contribution >= 4 is 23.7 Å². The van der Waals surface area contributed by atoms with Crippen molar-refractivity contribution in [3.63, 3.8) is 0 Å². The lowest BCUT2D eigenvalue weighted by Crippen LogP contribution is -2.70. The van der Waals surface area contributed by atoms with Gasteiger partial charge in [0.05, 0.1) is 12.5 Å². The normalized spacial score (nSPS) is 27.1. The molecule has 3 aliphatic rings. The van der Waals surface area contributed by atoms with Crippen LogP contribution < -0.4 is 4.48 Å². The highest BCUT2D eigenvalue weighted by Crippen LogP contribution is 2.58. The molecule has 0 bridgehead atoms. The van der Waals surface area contributed by atoms with E-state index in [1.807, 2.05) is 30.3 Å². The van der Waals surface area contributed by atoms with Crippen LogP contribution in [-0.4, -0.2) is 45.2 Å². The maximum absolute atomic E-state index is 14.6. The molecule has 2 amide bonds. The van der Waals surface area contributed by atoms with Gasteiger partial charge in [0.25, 0.3) is 0 Å². The number of carboxylic acids is 1. The van der Waals surface area contributed by atoms with Crippen LogP contribution in [0.3, 0.4) is 0 Å². The van der Waals surface area contributed by atoms with Crippen LogP contribution in [-0.2, 0) is 16.1 Å². The van der Waals surface area contributed by atoms with E-state index in [-0.39, 0.29) is 53.8 Å². The van der Waals surface area contributed by atoms with Crippen LogP contribution in [0.1, 0.15) is 55.7 Å². The van der Waals surface area contributed by atoms with Crippen LogP contribution in [0.2, 0.25) is 0 Å². The third-order valence-electron chi connectivity index (χ3n) is 7.70. The maximum atomic E-state index is 14.6. The molecule has 34 heavy (non-hydrogen) atoms. The van der Waals surface area contributed by atoms with Gasteiger partial charge in [-0.2, -0.15) is 9.28 Å². The standard InChI is InChI=1S/C26H27FN2O5/c27-17-6-9-20-22(14-17)29(26(33)34,15-16-4-2-1-3-5-16)21-11-10-19(21)25(20)28(18-7-8-18)23(30)12-13-24(31)32/h1-6,9,14,18-19,21,25H,7-8,10-13,15H2,(H-,31,32,33,34)/p+1/t19-,21+,25+,29-/m0/s1. The fourth-order valence-corrected chi connectivity index (χ4v) is 5.97. The van der Waals surface area contributed by atoms with Gasteiger partial charge in [-0.05, 0) is 31.4 Å². The largest absolute Gasteiger partial charge is 0.519 e. The van der Waals surface area contributed by atoms with E-state index >= 15 is 0 Å². The van der Waals surface area contributed by atoms with E-state index in [1.165, 1.54) is 12.1 Å². The molecule has 0 aromatic heterocycles. The molecule has 7 nitrogen and oxygen atoms in total. The zero-order valence-electron chi connectivity index (χ0n) is 18.8. The fourth-order valence-electron chi connectivity index (χ4n) is 5.97. The van der Waals surface area contributed by atoms with Crippen LogP contribution >= 0.6 is 0 Å². The Balaban J connectivity index is 1.63. The van der Waals surface area contributed by atoms with E-state index in [2.05, 4.69) is 0 Å². The summed E-state index contributed by atoms with van der Waals surface area (Å²) in [5, 5.41) is 19.7. The number of amides is 2. The first-order valence-corrected chi connectivity index (χ1v) is 11.8. The SMILES string of the molecule is O=C(O)CCC(=O)N(C1CC1)[C@H]1c2ccc(F)cc2[N@@+](Cc2ccccc2)(C(=O)O)[C@@H]2CC[C@@H]21. The number of quaternary nitrogens is 1. The van der Waals surface area contributed by atoms with Gasteiger partial charge in [0.1, 0.15) is 18.4 Å². The molecule has 4 atom stereocenters. The van der Waals surface area contributed by atoms with Crippen molar-refractivity contribution in [1.82, 2.24) is 9.38 Å². The van der Waals surface area contributed by atoms with Crippen LogP contribution in [0.25, 0.3) is 0 Å². The van der Waals surface area contributed by atoms with Gasteiger partial charge in [-0.1, -0.05) is 30.3 Å². The third-order valence-corrected chi connectivity index (χ3v) is 7.70. The molecule has 2 fully saturated rings. The molecule has 8 heteroatoms. The van der Waals surface area contributed by atoms with Crippen LogP contribution in [0, 0.1) is 11.7 Å². The van der Waals surface area contributed by atoms with Gasteiger partial charge >= 0.3 is 12.1 Å². The average Bonchev–Trinajstić information content (AvgIpc) is 3.61. The van der Waals surface area contributed by atoms with Crippen molar-refractivity contribution in [2.24, 2.45) is 5.92 Å². The third kappa shape index (κ3) is 3.66. The first kappa shape index (κ1) is 22.5. The van der Waals surface area contributed by atoms with E-state index in [9.17, 15) is 23.9 Å². The van der Waals surface area contributed by atoms with Crippen molar-refractivity contribution in [2.45, 2.75) is 63.2 Å². The number of benzene rings is 2. The summed E-state index contributed by atoms with van der Waals surface area (Å²) in [5.41, 5.74) is 1.90. The highest BCUT2D eigenvalue weighted by molar-refractivity contribution is 5.86. The molecule has 178 valence electrons. The van der Waals surface area contributed by atoms with E-state index in [1.54, 1.807) is 11.0 Å². The van der Waals surface area contributed by atoms with Gasteiger partial charge in [0.2, 0.25) is 5.91 Å². The number of carboxylic acid groups (broad SMARTS) is 2. The maximum Gasteiger partial charge on any atom is 0.519 e. The molecule has 1 aliphatic heterocycles. The summed E-state index contributed by atoms with van der Waals surface area (Å²) >= 11 is 0. The summed E-state index contributed by atoms with van der Waals surface area (Å²) in [5.74, 6) is -1.86. The Morgan fingerprint density at radius 3 is 2.29 bits per heavy atom. The van der Waals surface area contributed by atoms with Crippen molar-refractivity contribution in [3.8, 4) is 0 Å². The zero-order valence-corrected chi connectivity index (χ0v) is 18.8. The first-order valence-electron chi connectivity index (χ1n) is 11.8. The molecule has 5 rings (SSSR count). The van der Waals surface area contributed by atoms with Crippen molar-refractivity contribution in [2.75, 3.05) is 0 Å². The van der Waals surface area contributed by atoms with Gasteiger partial charge < -0.3 is 15.1 Å². The van der Waals surface area contributed by atoms with Crippen LogP contribution in [0.15, 0.2) is 48.5 Å². The average molecular weight is 468 g/mol. The van der Waals surface area contributed by atoms with Crippen molar-refractivity contribution in [1.29, 1.82) is 0 Å². The number of carbonyl (C=O) groups is 3. The Morgan fingerprint density at radius 2 is 1.71 bits per heavy atom. The van der Waals surface area contributed by atoms with Crippen LogP contribution in [0.4, 0.5) is 14.9 Å². The van der Waals surface area contributed by atoms with E-state index in [0.717, 1.165) is 24.8 Å². The molecule has 0 spiro atoms. The summed E-state index contributed by atoms with van der Waals surface area (Å²) in [7, 11) is 0. The number of fused-ring (bicyclic) bond motifs is 2. The van der Waals surface area contributed by atoms with E-state index < -0.39 is 17.9 Å². The number of hydrogen-bond acceptors (Lipinski definition) is 3. The molecular weight excluding hydrogens is 439 g/mol. The summed E-state index contributed by atoms with van der Waals surface area (Å²) < 4.78 is 14.2. The van der Waals surface area contributed by atoms with Crippen molar-refractivity contribution in [3.05, 3.63) is 65.5 Å². The van der Waals surface area contributed by atoms with Gasteiger partial charge in [-0.3, -0.25) is 9.59 Å². The lowest BCUT2D eigenvalue weighted by Gasteiger charge is -2.57. The Morgan fingerprint density at radius 1 is 0.971 bits per heavy atom. The minimum absolute atomic E-state index is 0.0180. The molecule has 2 aromatic rings. The fraction of sp³-hybridized carbons (Fsp3) is 0.423. The molecule has 0 radical (unpaired) electrons. The lowest BCUT2D eigenvalue weighted by molar-refractivity contribution is -0.144. The Hall–Kier alpha value is -3.26. The lowest BCUT2D eigenvalue weighted by atomic mass is 9.66. The highest BCUT2D eigenvalue weighted by atomic mass is 19.1. The molecule has 2 saturated carbocycles. The van der Waals surface area contributed by atoms with Gasteiger partial charge in [0.15, 0.2) is 5.69 Å². The van der Waals surface area contributed by atoms with Gasteiger partial charge in [-0.25, -0.2) is 4.39 Å². The van der Waals surface area contributed by atoms with Gasteiger partial charge in [-0.15, -0.1) is 0 Å². The number of rotatable bonds is 7. The summed E-state index contributed by atoms with van der Waals surface area (Å²) in [6.45, 7) is 0.191. The Labute approximate surface area is 197 Å². The molecule has 0 unspecified atom stereocenters. The van der Waals surface area contributed by atoms with Crippen LogP contribution in [0.5, 0.6) is 0 Å². The molecule has 1 heterocycles. The summed E-state index contributed by atoms with van der Waals surface area (Å²) in [6.07, 6.45) is 1.74. The predicted molar refractivity (Wildman–Crippen MR) is 122 cm³/mol. The molecule has 2 N–H and O–H groups in total. The Bertz CT molecular complexity index is 1140. The number of aliphatic carboxylic acids is 1. The summed E-state index contributed by atoms with van der Waals surface area (Å²) in [4.78, 5) is 39.1.